The Bertz CT molecular complexity index is 770. The summed E-state index contributed by atoms with van der Waals surface area (Å²) in [6.07, 6.45) is -0.150. The molecule has 1 amide bonds. The molecule has 0 fully saturated rings. The summed E-state index contributed by atoms with van der Waals surface area (Å²) in [7, 11) is 0. The Morgan fingerprint density at radius 1 is 1.29 bits per heavy atom. The van der Waals surface area contributed by atoms with Crippen LogP contribution in [0.15, 0.2) is 42.5 Å². The van der Waals surface area contributed by atoms with E-state index in [0.29, 0.717) is 18.5 Å². The molecule has 0 saturated heterocycles. The molecule has 2 aromatic carbocycles. The molecule has 0 radical (unpaired) electrons. The molecule has 24 heavy (non-hydrogen) atoms. The molecule has 0 bridgehead atoms. The van der Waals surface area contributed by atoms with Crippen molar-refractivity contribution in [3.8, 4) is 11.8 Å². The highest BCUT2D eigenvalue weighted by Crippen LogP contribution is 2.23. The number of hydrogen-bond acceptors (Lipinski definition) is 3. The predicted molar refractivity (Wildman–Crippen MR) is 91.9 cm³/mol. The van der Waals surface area contributed by atoms with Gasteiger partial charge in [-0.1, -0.05) is 53.8 Å². The number of nitrogens with one attached hydrogen (secondary N) is 1. The second-order valence-corrected chi connectivity index (χ2v) is 5.30. The van der Waals surface area contributed by atoms with Gasteiger partial charge in [0.1, 0.15) is 12.4 Å². The van der Waals surface area contributed by atoms with Crippen LogP contribution in [0.4, 0.5) is 14.9 Å². The summed E-state index contributed by atoms with van der Waals surface area (Å²) >= 11 is 5.78. The lowest BCUT2D eigenvalue weighted by Crippen LogP contribution is -2.24. The first kappa shape index (κ1) is 17.6. The molecule has 0 aliphatic heterocycles. The summed E-state index contributed by atoms with van der Waals surface area (Å²) in [5.74, 6) is 5.04. The van der Waals surface area contributed by atoms with E-state index in [2.05, 4.69) is 17.2 Å². The van der Waals surface area contributed by atoms with E-state index in [1.165, 1.54) is 6.07 Å². The summed E-state index contributed by atoms with van der Waals surface area (Å²) in [6, 6.07) is 11.7. The molecule has 0 aliphatic carbocycles. The van der Waals surface area contributed by atoms with Crippen molar-refractivity contribution < 1.29 is 13.9 Å². The SMILES string of the molecule is Nc1c(Cl)cc(F)cc1C#CCCNC(=O)OCc1ccccc1. The Morgan fingerprint density at radius 3 is 2.79 bits per heavy atom. The van der Waals surface area contributed by atoms with Crippen molar-refractivity contribution >= 4 is 23.4 Å². The second kappa shape index (κ2) is 8.80. The average Bonchev–Trinajstić information content (AvgIpc) is 2.57. The van der Waals surface area contributed by atoms with Gasteiger partial charge in [-0.15, -0.1) is 0 Å². The highest BCUT2D eigenvalue weighted by molar-refractivity contribution is 6.33. The van der Waals surface area contributed by atoms with Crippen LogP contribution in [0.5, 0.6) is 0 Å². The molecule has 124 valence electrons. The first-order valence-corrected chi connectivity index (χ1v) is 7.62. The van der Waals surface area contributed by atoms with Gasteiger partial charge in [0.05, 0.1) is 16.3 Å². The van der Waals surface area contributed by atoms with E-state index in [1.54, 1.807) is 0 Å². The molecule has 0 unspecified atom stereocenters. The Balaban J connectivity index is 1.74. The summed E-state index contributed by atoms with van der Waals surface area (Å²) in [4.78, 5) is 11.5. The molecule has 6 heteroatoms. The summed E-state index contributed by atoms with van der Waals surface area (Å²) in [5.41, 5.74) is 7.19. The van der Waals surface area contributed by atoms with E-state index in [4.69, 9.17) is 22.1 Å². The maximum Gasteiger partial charge on any atom is 0.407 e. The number of halogens is 2. The Kier molecular flexibility index (Phi) is 6.47. The van der Waals surface area contributed by atoms with Crippen LogP contribution in [-0.2, 0) is 11.3 Å². The van der Waals surface area contributed by atoms with Gasteiger partial charge in [-0.25, -0.2) is 9.18 Å². The molecule has 0 spiro atoms. The zero-order valence-electron chi connectivity index (χ0n) is 12.8. The third kappa shape index (κ3) is 5.49. The number of amides is 1. The monoisotopic (exact) mass is 346 g/mol. The number of carbonyl (C=O) groups excluding carboxylic acids is 1. The van der Waals surface area contributed by atoms with E-state index in [0.717, 1.165) is 11.6 Å². The highest BCUT2D eigenvalue weighted by Gasteiger charge is 2.04. The van der Waals surface area contributed by atoms with Crippen molar-refractivity contribution in [1.29, 1.82) is 0 Å². The van der Waals surface area contributed by atoms with E-state index in [9.17, 15) is 9.18 Å². The zero-order valence-corrected chi connectivity index (χ0v) is 13.6. The number of hydrogen-bond donors (Lipinski definition) is 2. The standard InChI is InChI=1S/C18H16ClFN2O2/c19-16-11-15(20)10-14(17(16)21)8-4-5-9-22-18(23)24-12-13-6-2-1-3-7-13/h1-3,6-7,10-11H,5,9,12,21H2,(H,22,23). The number of rotatable bonds is 4. The van der Waals surface area contributed by atoms with E-state index in [1.807, 2.05) is 30.3 Å². The van der Waals surface area contributed by atoms with E-state index < -0.39 is 11.9 Å². The van der Waals surface area contributed by atoms with Gasteiger partial charge in [-0.2, -0.15) is 0 Å². The first-order chi connectivity index (χ1) is 11.6. The maximum atomic E-state index is 13.2. The lowest BCUT2D eigenvalue weighted by atomic mass is 10.2. The van der Waals surface area contributed by atoms with Crippen LogP contribution in [0.3, 0.4) is 0 Å². The van der Waals surface area contributed by atoms with Gasteiger partial charge >= 0.3 is 6.09 Å². The third-order valence-electron chi connectivity index (χ3n) is 3.05. The number of ether oxygens (including phenoxy) is 1. The minimum atomic E-state index is -0.519. The average molecular weight is 347 g/mol. The topological polar surface area (TPSA) is 64.3 Å². The normalized spacial score (nSPS) is 9.75. The quantitative estimate of drug-likeness (QED) is 0.503. The predicted octanol–water partition coefficient (Wildman–Crippen LogP) is 3.73. The molecule has 2 aromatic rings. The summed E-state index contributed by atoms with van der Waals surface area (Å²) < 4.78 is 18.3. The first-order valence-electron chi connectivity index (χ1n) is 7.24. The number of nitrogens with two attached hydrogens (primary N) is 1. The van der Waals surface area contributed by atoms with Gasteiger partial charge in [0, 0.05) is 13.0 Å². The van der Waals surface area contributed by atoms with Crippen LogP contribution < -0.4 is 11.1 Å². The molecule has 0 aromatic heterocycles. The third-order valence-corrected chi connectivity index (χ3v) is 3.36. The van der Waals surface area contributed by atoms with Gasteiger partial charge in [-0.05, 0) is 17.7 Å². The van der Waals surface area contributed by atoms with Crippen LogP contribution >= 0.6 is 11.6 Å². The maximum absolute atomic E-state index is 13.2. The fourth-order valence-electron chi connectivity index (χ4n) is 1.85. The number of anilines is 1. The summed E-state index contributed by atoms with van der Waals surface area (Å²) in [6.45, 7) is 0.514. The molecule has 0 atom stereocenters. The van der Waals surface area contributed by atoms with Gasteiger partial charge in [-0.3, -0.25) is 0 Å². The number of alkyl carbamates (subject to hydrolysis) is 1. The molecule has 4 nitrogen and oxygen atoms in total. The van der Waals surface area contributed by atoms with E-state index >= 15 is 0 Å². The van der Waals surface area contributed by atoms with Gasteiger partial charge < -0.3 is 15.8 Å². The van der Waals surface area contributed by atoms with Gasteiger partial charge in [0.15, 0.2) is 0 Å². The molecule has 0 aliphatic rings. The highest BCUT2D eigenvalue weighted by atomic mass is 35.5. The Labute approximate surface area is 144 Å². The minimum Gasteiger partial charge on any atom is -0.445 e. The Morgan fingerprint density at radius 2 is 2.04 bits per heavy atom. The van der Waals surface area contributed by atoms with Crippen molar-refractivity contribution in [2.75, 3.05) is 12.3 Å². The van der Waals surface area contributed by atoms with Gasteiger partial charge in [0.2, 0.25) is 0 Å². The van der Waals surface area contributed by atoms with Crippen molar-refractivity contribution in [2.24, 2.45) is 0 Å². The molecule has 0 heterocycles. The number of benzene rings is 2. The van der Waals surface area contributed by atoms with Crippen LogP contribution in [0.2, 0.25) is 5.02 Å². The molecular formula is C18H16ClFN2O2. The number of carbonyl (C=O) groups is 1. The van der Waals surface area contributed by atoms with Gasteiger partial charge in [0.25, 0.3) is 0 Å². The van der Waals surface area contributed by atoms with Crippen LogP contribution in [0.25, 0.3) is 0 Å². The van der Waals surface area contributed by atoms with Crippen molar-refractivity contribution in [3.05, 3.63) is 64.4 Å². The van der Waals surface area contributed by atoms with Crippen molar-refractivity contribution in [1.82, 2.24) is 5.32 Å². The Hall–Kier alpha value is -2.71. The molecule has 3 N–H and O–H groups in total. The fraction of sp³-hybridized carbons (Fsp3) is 0.167. The summed E-state index contributed by atoms with van der Waals surface area (Å²) in [5, 5.41) is 2.71. The fourth-order valence-corrected chi connectivity index (χ4v) is 2.05. The second-order valence-electron chi connectivity index (χ2n) is 4.89. The lowest BCUT2D eigenvalue weighted by molar-refractivity contribution is 0.140. The smallest absolute Gasteiger partial charge is 0.407 e. The van der Waals surface area contributed by atoms with E-state index in [-0.39, 0.29) is 17.3 Å². The molecule has 0 saturated carbocycles. The van der Waals surface area contributed by atoms with Crippen molar-refractivity contribution in [3.63, 3.8) is 0 Å². The number of nitrogen functional groups attached to an aromatic ring is 1. The molecule has 2 rings (SSSR count). The molecular weight excluding hydrogens is 331 g/mol. The van der Waals surface area contributed by atoms with Crippen LogP contribution in [0.1, 0.15) is 17.5 Å². The largest absolute Gasteiger partial charge is 0.445 e. The van der Waals surface area contributed by atoms with Crippen LogP contribution in [0, 0.1) is 17.7 Å². The minimum absolute atomic E-state index is 0.127. The van der Waals surface area contributed by atoms with Crippen LogP contribution in [-0.4, -0.2) is 12.6 Å². The zero-order chi connectivity index (χ0) is 17.4. The van der Waals surface area contributed by atoms with Crippen molar-refractivity contribution in [2.45, 2.75) is 13.0 Å². The lowest BCUT2D eigenvalue weighted by Gasteiger charge is -2.05.